The van der Waals surface area contributed by atoms with Gasteiger partial charge in [0, 0.05) is 23.7 Å². The lowest BCUT2D eigenvalue weighted by molar-refractivity contribution is -0.137. The van der Waals surface area contributed by atoms with Crippen LogP contribution in [0.15, 0.2) is 30.5 Å². The molecule has 154 valence electrons. The summed E-state index contributed by atoms with van der Waals surface area (Å²) < 4.78 is 7.13. The minimum absolute atomic E-state index is 0.0323. The Bertz CT molecular complexity index is 1070. The zero-order valence-electron chi connectivity index (χ0n) is 16.3. The van der Waals surface area contributed by atoms with Crippen LogP contribution >= 0.6 is 0 Å². The van der Waals surface area contributed by atoms with Gasteiger partial charge in [-0.25, -0.2) is 0 Å². The summed E-state index contributed by atoms with van der Waals surface area (Å²) in [6.07, 6.45) is 4.60. The van der Waals surface area contributed by atoms with E-state index in [1.54, 1.807) is 30.5 Å². The number of carboxylic acids is 1. The van der Waals surface area contributed by atoms with Crippen molar-refractivity contribution in [2.75, 3.05) is 11.9 Å². The molecular formula is C22H21N3O5. The van der Waals surface area contributed by atoms with Crippen LogP contribution in [0.2, 0.25) is 0 Å². The number of benzene rings is 1. The standard InChI is InChI=1S/C22H21N3O5/c23-12-14-4-5-15(2-1-3-19(27)28)17(10-14)24-21(29)16-11-22(16)7-9-30-18-6-8-25(13-26)20(18)22/h4-6,8,10,13,16H,1-3,7,9,11H2,(H,24,29)(H,27,28). The maximum atomic E-state index is 13.1. The second kappa shape index (κ2) is 7.67. The molecule has 0 bridgehead atoms. The maximum absolute atomic E-state index is 13.1. The van der Waals surface area contributed by atoms with Crippen LogP contribution in [0.25, 0.3) is 0 Å². The van der Waals surface area contributed by atoms with Gasteiger partial charge in [-0.1, -0.05) is 6.07 Å². The summed E-state index contributed by atoms with van der Waals surface area (Å²) in [7, 11) is 0. The number of aliphatic carboxylic acids is 1. The van der Waals surface area contributed by atoms with Gasteiger partial charge in [0.15, 0.2) is 0 Å². The Balaban J connectivity index is 1.54. The fourth-order valence-corrected chi connectivity index (χ4v) is 4.41. The zero-order valence-corrected chi connectivity index (χ0v) is 16.3. The highest BCUT2D eigenvalue weighted by molar-refractivity contribution is 5.97. The Hall–Kier alpha value is -3.60. The summed E-state index contributed by atoms with van der Waals surface area (Å²) in [5.41, 5.74) is 2.07. The van der Waals surface area contributed by atoms with E-state index in [-0.39, 0.29) is 18.2 Å². The number of aromatic nitrogens is 1. The van der Waals surface area contributed by atoms with Gasteiger partial charge < -0.3 is 15.2 Å². The smallest absolute Gasteiger partial charge is 0.303 e. The fourth-order valence-electron chi connectivity index (χ4n) is 4.41. The molecule has 4 rings (SSSR count). The van der Waals surface area contributed by atoms with Gasteiger partial charge in [0.25, 0.3) is 0 Å². The molecule has 2 aromatic rings. The number of fused-ring (bicyclic) bond motifs is 2. The molecule has 2 unspecified atom stereocenters. The first-order valence-electron chi connectivity index (χ1n) is 9.83. The van der Waals surface area contributed by atoms with Gasteiger partial charge in [-0.15, -0.1) is 0 Å². The zero-order chi connectivity index (χ0) is 21.3. The van der Waals surface area contributed by atoms with Crippen LogP contribution in [0.1, 0.15) is 42.5 Å². The lowest BCUT2D eigenvalue weighted by Gasteiger charge is -2.25. The predicted molar refractivity (Wildman–Crippen MR) is 107 cm³/mol. The van der Waals surface area contributed by atoms with Crippen molar-refractivity contribution in [3.8, 4) is 11.8 Å². The Labute approximate surface area is 173 Å². The van der Waals surface area contributed by atoms with E-state index in [4.69, 9.17) is 9.84 Å². The Kier molecular flexibility index (Phi) is 5.04. The molecule has 1 aliphatic heterocycles. The van der Waals surface area contributed by atoms with Crippen molar-refractivity contribution in [2.45, 2.75) is 37.5 Å². The average molecular weight is 407 g/mol. The minimum Gasteiger partial charge on any atom is -0.492 e. The van der Waals surface area contributed by atoms with Crippen LogP contribution in [0.3, 0.4) is 0 Å². The largest absolute Gasteiger partial charge is 0.492 e. The van der Waals surface area contributed by atoms with Crippen molar-refractivity contribution in [3.63, 3.8) is 0 Å². The van der Waals surface area contributed by atoms with Gasteiger partial charge in [0.05, 0.1) is 29.9 Å². The first-order valence-corrected chi connectivity index (χ1v) is 9.83. The third kappa shape index (κ3) is 3.43. The molecule has 0 radical (unpaired) electrons. The van der Waals surface area contributed by atoms with Gasteiger partial charge >= 0.3 is 5.97 Å². The van der Waals surface area contributed by atoms with Crippen molar-refractivity contribution < 1.29 is 24.2 Å². The van der Waals surface area contributed by atoms with E-state index in [1.807, 2.05) is 0 Å². The molecular weight excluding hydrogens is 386 g/mol. The number of nitriles is 1. The number of carboxylic acid groups (broad SMARTS) is 1. The number of carbonyl (C=O) groups excluding carboxylic acids is 2. The summed E-state index contributed by atoms with van der Waals surface area (Å²) in [6, 6.07) is 8.84. The summed E-state index contributed by atoms with van der Waals surface area (Å²) >= 11 is 0. The molecule has 1 aliphatic carbocycles. The quantitative estimate of drug-likeness (QED) is 0.680. The Morgan fingerprint density at radius 2 is 2.23 bits per heavy atom. The molecule has 8 heteroatoms. The van der Waals surface area contributed by atoms with E-state index in [2.05, 4.69) is 11.4 Å². The number of nitrogens with one attached hydrogen (secondary N) is 1. The molecule has 1 saturated carbocycles. The van der Waals surface area contributed by atoms with Crippen molar-refractivity contribution in [3.05, 3.63) is 47.3 Å². The molecule has 8 nitrogen and oxygen atoms in total. The number of rotatable bonds is 7. The Morgan fingerprint density at radius 3 is 2.97 bits per heavy atom. The normalized spacial score (nSPS) is 21.2. The third-order valence-corrected chi connectivity index (χ3v) is 5.99. The number of aryl methyl sites for hydroxylation is 1. The van der Waals surface area contributed by atoms with E-state index >= 15 is 0 Å². The molecule has 1 aromatic heterocycles. The third-order valence-electron chi connectivity index (χ3n) is 5.99. The van der Waals surface area contributed by atoms with E-state index in [1.165, 1.54) is 4.57 Å². The second-order valence-electron chi connectivity index (χ2n) is 7.77. The van der Waals surface area contributed by atoms with Gasteiger partial charge in [-0.2, -0.15) is 5.26 Å². The highest BCUT2D eigenvalue weighted by atomic mass is 16.5. The lowest BCUT2D eigenvalue weighted by atomic mass is 9.92. The van der Waals surface area contributed by atoms with Crippen LogP contribution in [-0.4, -0.2) is 34.6 Å². The van der Waals surface area contributed by atoms with Crippen molar-refractivity contribution in [2.24, 2.45) is 5.92 Å². The van der Waals surface area contributed by atoms with E-state index < -0.39 is 11.4 Å². The number of amides is 1. The van der Waals surface area contributed by atoms with Crippen LogP contribution in [-0.2, 0) is 26.2 Å². The number of carbonyl (C=O) groups is 3. The second-order valence-corrected chi connectivity index (χ2v) is 7.77. The molecule has 2 aliphatic rings. The van der Waals surface area contributed by atoms with Gasteiger partial charge in [-0.05, 0) is 49.4 Å². The first-order chi connectivity index (χ1) is 14.5. The molecule has 30 heavy (non-hydrogen) atoms. The van der Waals surface area contributed by atoms with Crippen molar-refractivity contribution in [1.29, 1.82) is 5.26 Å². The molecule has 2 heterocycles. The summed E-state index contributed by atoms with van der Waals surface area (Å²) in [4.78, 5) is 35.3. The topological polar surface area (TPSA) is 121 Å². The molecule has 2 atom stereocenters. The minimum atomic E-state index is -0.873. The van der Waals surface area contributed by atoms with Gasteiger partial charge in [0.1, 0.15) is 5.75 Å². The lowest BCUT2D eigenvalue weighted by Crippen LogP contribution is -2.28. The fraction of sp³-hybridized carbons (Fsp3) is 0.364. The molecule has 1 fully saturated rings. The number of hydrogen-bond donors (Lipinski definition) is 2. The van der Waals surface area contributed by atoms with Crippen LogP contribution in [0.5, 0.6) is 5.75 Å². The van der Waals surface area contributed by atoms with Gasteiger partial charge in [0.2, 0.25) is 12.3 Å². The molecule has 1 spiro atoms. The average Bonchev–Trinajstić information content (AvgIpc) is 3.27. The number of hydrogen-bond acceptors (Lipinski definition) is 5. The van der Waals surface area contributed by atoms with E-state index in [0.29, 0.717) is 49.3 Å². The molecule has 2 N–H and O–H groups in total. The molecule has 0 saturated heterocycles. The molecule has 1 aromatic carbocycles. The predicted octanol–water partition coefficient (Wildman–Crippen LogP) is 2.48. The van der Waals surface area contributed by atoms with Gasteiger partial charge in [-0.3, -0.25) is 19.0 Å². The van der Waals surface area contributed by atoms with Crippen LogP contribution in [0.4, 0.5) is 5.69 Å². The van der Waals surface area contributed by atoms with Crippen molar-refractivity contribution in [1.82, 2.24) is 4.57 Å². The summed E-state index contributed by atoms with van der Waals surface area (Å²) in [5.74, 6) is -0.699. The monoisotopic (exact) mass is 407 g/mol. The summed E-state index contributed by atoms with van der Waals surface area (Å²) in [6.45, 7) is 0.490. The highest BCUT2D eigenvalue weighted by Crippen LogP contribution is 2.61. The highest BCUT2D eigenvalue weighted by Gasteiger charge is 2.62. The van der Waals surface area contributed by atoms with Crippen molar-refractivity contribution >= 4 is 24.0 Å². The SMILES string of the molecule is N#Cc1ccc(CCCC(=O)O)c(NC(=O)C2CC23CCOc2ccn(C=O)c23)c1. The number of ether oxygens (including phenoxy) is 1. The number of nitrogens with zero attached hydrogens (tertiary/aromatic N) is 2. The maximum Gasteiger partial charge on any atom is 0.303 e. The van der Waals surface area contributed by atoms with E-state index in [0.717, 1.165) is 17.7 Å². The van der Waals surface area contributed by atoms with E-state index in [9.17, 15) is 19.6 Å². The van der Waals surface area contributed by atoms with Crippen LogP contribution in [0, 0.1) is 17.2 Å². The molecule has 1 amide bonds. The summed E-state index contributed by atoms with van der Waals surface area (Å²) in [5, 5.41) is 21.0. The first kappa shape index (κ1) is 19.7. The number of anilines is 1. The Morgan fingerprint density at radius 1 is 1.40 bits per heavy atom. The van der Waals surface area contributed by atoms with Crippen LogP contribution < -0.4 is 10.1 Å².